The third-order valence-electron chi connectivity index (χ3n) is 6.22. The minimum Gasteiger partial charge on any atom is -0.497 e. The molecule has 0 amide bonds. The van der Waals surface area contributed by atoms with E-state index in [0.29, 0.717) is 60.2 Å². The first kappa shape index (κ1) is 31.8. The van der Waals surface area contributed by atoms with Crippen LogP contribution in [0.5, 0.6) is 5.75 Å². The second-order valence-electron chi connectivity index (χ2n) is 11.1. The summed E-state index contributed by atoms with van der Waals surface area (Å²) in [5.74, 6) is 0.818. The van der Waals surface area contributed by atoms with E-state index in [4.69, 9.17) is 18.9 Å². The van der Waals surface area contributed by atoms with Crippen molar-refractivity contribution < 1.29 is 29.1 Å². The fourth-order valence-electron chi connectivity index (χ4n) is 4.76. The first-order valence-electron chi connectivity index (χ1n) is 13.0. The molecule has 2 rings (SSSR count). The topological polar surface area (TPSA) is 77.4 Å². The summed E-state index contributed by atoms with van der Waals surface area (Å²) in [7, 11) is 1.50. The lowest BCUT2D eigenvalue weighted by atomic mass is 9.93. The average Bonchev–Trinajstić information content (AvgIpc) is 2.78. The van der Waals surface area contributed by atoms with E-state index in [1.54, 1.807) is 7.11 Å². The second kappa shape index (κ2) is 16.6. The molecule has 0 aliphatic carbocycles. The van der Waals surface area contributed by atoms with E-state index in [1.807, 2.05) is 24.3 Å². The summed E-state index contributed by atoms with van der Waals surface area (Å²) in [5, 5.41) is 21.2. The molecule has 0 radical (unpaired) electrons. The maximum absolute atomic E-state index is 10.7. The van der Waals surface area contributed by atoms with Crippen LogP contribution in [-0.4, -0.2) is 69.7 Å². The Hall–Kier alpha value is -0.378. The van der Waals surface area contributed by atoms with Gasteiger partial charge in [0.1, 0.15) is 5.75 Å². The van der Waals surface area contributed by atoms with Crippen molar-refractivity contribution in [2.75, 3.05) is 13.7 Å². The molecule has 0 spiro atoms. The molecule has 1 unspecified atom stereocenters. The van der Waals surface area contributed by atoms with Crippen LogP contribution in [-0.2, 0) is 20.7 Å². The number of methoxy groups -OCH3 is 1. The third kappa shape index (κ3) is 13.4. The van der Waals surface area contributed by atoms with Gasteiger partial charge in [-0.2, -0.15) is 12.2 Å². The molecule has 10 heteroatoms. The summed E-state index contributed by atoms with van der Waals surface area (Å²) in [6.07, 6.45) is 2.38. The lowest BCUT2D eigenvalue weighted by Crippen LogP contribution is -2.39. The Labute approximate surface area is 226 Å². The van der Waals surface area contributed by atoms with Crippen molar-refractivity contribution >= 4 is 35.2 Å². The van der Waals surface area contributed by atoms with E-state index < -0.39 is 20.3 Å². The quantitative estimate of drug-likeness (QED) is 0.0814. The first-order chi connectivity index (χ1) is 17.1. The molecule has 1 saturated heterocycles. The summed E-state index contributed by atoms with van der Waals surface area (Å²) in [4.78, 5) is 0. The highest BCUT2D eigenvalue weighted by atomic mass is 32.7. The molecule has 2 N–H and O–H groups in total. The van der Waals surface area contributed by atoms with E-state index in [-0.39, 0.29) is 18.3 Å². The summed E-state index contributed by atoms with van der Waals surface area (Å²) in [5.41, 5.74) is 2.19. The number of benzene rings is 1. The van der Waals surface area contributed by atoms with Crippen molar-refractivity contribution in [1.29, 1.82) is 0 Å². The average molecular weight is 557 g/mol. The summed E-state index contributed by atoms with van der Waals surface area (Å²) >= 11 is 4.23. The van der Waals surface area contributed by atoms with Gasteiger partial charge < -0.3 is 29.1 Å². The molecule has 6 atom stereocenters. The molecule has 1 aliphatic heterocycles. The van der Waals surface area contributed by atoms with Gasteiger partial charge in [0.05, 0.1) is 44.2 Å². The van der Waals surface area contributed by atoms with Gasteiger partial charge in [-0.25, -0.2) is 0 Å². The number of aliphatic hydroxyl groups is 2. The normalized spacial score (nSPS) is 22.5. The summed E-state index contributed by atoms with van der Waals surface area (Å²) in [6.45, 7) is 12.2. The van der Waals surface area contributed by atoms with Crippen LogP contribution >= 0.6 is 19.9 Å². The van der Waals surface area contributed by atoms with Crippen molar-refractivity contribution in [3.63, 3.8) is 0 Å². The van der Waals surface area contributed by atoms with Crippen LogP contribution in [0.3, 0.4) is 0 Å². The molecule has 36 heavy (non-hydrogen) atoms. The van der Waals surface area contributed by atoms with Gasteiger partial charge in [-0.05, 0) is 62.3 Å². The van der Waals surface area contributed by atoms with Crippen LogP contribution in [0.2, 0.25) is 25.7 Å². The van der Waals surface area contributed by atoms with E-state index in [0.717, 1.165) is 29.4 Å². The van der Waals surface area contributed by atoms with E-state index in [9.17, 15) is 10.2 Å². The molecular weight excluding hydrogens is 510 g/mol. The maximum atomic E-state index is 10.7. The predicted octanol–water partition coefficient (Wildman–Crippen LogP) is 5.11. The Morgan fingerprint density at radius 3 is 2.50 bits per heavy atom. The van der Waals surface area contributed by atoms with Gasteiger partial charge >= 0.3 is 7.20 Å². The zero-order valence-corrected chi connectivity index (χ0v) is 25.3. The van der Waals surface area contributed by atoms with Crippen LogP contribution in [0, 0.1) is 0 Å². The standard InChI is InChI=1S/C26H46BO6PSSi/c1-19(18-36(3,4)5)12-21(28)13-25-14-22(29)15-26(33-25)16-24(10-11-32-27-34-35)31-17-20-6-8-23(30-2)9-7-20/h6-9,21-22,24-29,34-35H,1,10-18H2,2-5H3/t21-,22+,24-,25-,26-/m0/s1. The number of rotatable bonds is 17. The van der Waals surface area contributed by atoms with Gasteiger partial charge in [-0.1, -0.05) is 45.0 Å². The number of thiol groups is 1. The zero-order chi connectivity index (χ0) is 26.6. The zero-order valence-electron chi connectivity index (χ0n) is 22.4. The lowest BCUT2D eigenvalue weighted by molar-refractivity contribution is -0.126. The fraction of sp³-hybridized carbons (Fsp3) is 0.692. The van der Waals surface area contributed by atoms with Gasteiger partial charge in [-0.3, -0.25) is 0 Å². The van der Waals surface area contributed by atoms with Crippen LogP contribution in [0.25, 0.3) is 0 Å². The van der Waals surface area contributed by atoms with E-state index in [1.165, 1.54) is 0 Å². The molecule has 1 aromatic rings. The fourth-order valence-corrected chi connectivity index (χ4v) is 6.92. The van der Waals surface area contributed by atoms with Gasteiger partial charge in [0.2, 0.25) is 0 Å². The number of aliphatic hydroxyl groups excluding tert-OH is 2. The largest absolute Gasteiger partial charge is 0.497 e. The van der Waals surface area contributed by atoms with Crippen molar-refractivity contribution in [2.45, 2.75) is 101 Å². The summed E-state index contributed by atoms with van der Waals surface area (Å²) in [6, 6.07) is 8.88. The van der Waals surface area contributed by atoms with E-state index in [2.05, 4.69) is 38.5 Å². The van der Waals surface area contributed by atoms with Gasteiger partial charge in [0, 0.05) is 14.7 Å². The third-order valence-corrected chi connectivity index (χ3v) is 8.50. The Morgan fingerprint density at radius 1 is 1.22 bits per heavy atom. The minimum atomic E-state index is -1.25. The minimum absolute atomic E-state index is 0.0623. The van der Waals surface area contributed by atoms with Crippen LogP contribution < -0.4 is 4.74 Å². The van der Waals surface area contributed by atoms with Crippen molar-refractivity contribution in [2.24, 2.45) is 0 Å². The highest BCUT2D eigenvalue weighted by Crippen LogP contribution is 2.29. The SMILES string of the molecule is C=C(C[C@H](O)C[C@H]1C[C@@H](O)C[C@@H](C[C@H](CCOBPS)OCc2ccc(OC)cc2)O1)C[Si](C)(C)C. The molecule has 6 nitrogen and oxygen atoms in total. The van der Waals surface area contributed by atoms with Gasteiger partial charge in [-0.15, -0.1) is 6.58 Å². The lowest BCUT2D eigenvalue weighted by Gasteiger charge is -2.36. The van der Waals surface area contributed by atoms with Crippen molar-refractivity contribution in [3.8, 4) is 5.75 Å². The molecule has 0 aromatic heterocycles. The van der Waals surface area contributed by atoms with Gasteiger partial charge in [0.25, 0.3) is 0 Å². The van der Waals surface area contributed by atoms with Crippen molar-refractivity contribution in [3.05, 3.63) is 42.0 Å². The first-order valence-corrected chi connectivity index (χ1v) is 19.2. The maximum Gasteiger partial charge on any atom is 0.310 e. The van der Waals surface area contributed by atoms with Crippen LogP contribution in [0.15, 0.2) is 36.4 Å². The Bertz CT molecular complexity index is 766. The molecule has 204 valence electrons. The Balaban J connectivity index is 1.91. The smallest absolute Gasteiger partial charge is 0.310 e. The Kier molecular flexibility index (Phi) is 14.6. The molecule has 1 aliphatic rings. The molecule has 0 saturated carbocycles. The highest BCUT2D eigenvalue weighted by molar-refractivity contribution is 8.46. The monoisotopic (exact) mass is 556 g/mol. The van der Waals surface area contributed by atoms with Gasteiger partial charge in [0.15, 0.2) is 0 Å². The molecule has 1 fully saturated rings. The molecule has 0 bridgehead atoms. The number of hydrogen-bond donors (Lipinski definition) is 3. The predicted molar refractivity (Wildman–Crippen MR) is 158 cm³/mol. The highest BCUT2D eigenvalue weighted by Gasteiger charge is 2.32. The second-order valence-corrected chi connectivity index (χ2v) is 18.1. The summed E-state index contributed by atoms with van der Waals surface area (Å²) < 4.78 is 23.5. The molecular formula is C26H46BO6PSSi. The molecule has 1 aromatic carbocycles. The number of ether oxygens (including phenoxy) is 3. The van der Waals surface area contributed by atoms with E-state index >= 15 is 0 Å². The number of hydrogen-bond acceptors (Lipinski definition) is 7. The van der Waals surface area contributed by atoms with Crippen molar-refractivity contribution in [1.82, 2.24) is 0 Å². The molecule has 1 heterocycles. The van der Waals surface area contributed by atoms with Crippen LogP contribution in [0.4, 0.5) is 0 Å². The Morgan fingerprint density at radius 2 is 1.89 bits per heavy atom. The van der Waals surface area contributed by atoms with Crippen LogP contribution in [0.1, 0.15) is 44.1 Å².